The first kappa shape index (κ1) is 32.7. The molecule has 0 unspecified atom stereocenters. The zero-order chi connectivity index (χ0) is 32.3. The lowest BCUT2D eigenvalue weighted by Crippen LogP contribution is -2.76. The van der Waals surface area contributed by atoms with E-state index in [9.17, 15) is 19.2 Å². The topological polar surface area (TPSA) is 133 Å². The lowest BCUT2D eigenvalue weighted by Gasteiger charge is -2.54. The van der Waals surface area contributed by atoms with Crippen LogP contribution in [0.15, 0.2) is 61.2 Å². The van der Waals surface area contributed by atoms with Gasteiger partial charge in [0.05, 0.1) is 33.9 Å². The molecule has 2 saturated heterocycles. The Morgan fingerprint density at radius 3 is 2.53 bits per heavy atom. The number of rotatable bonds is 12. The van der Waals surface area contributed by atoms with Crippen LogP contribution in [0.1, 0.15) is 18.4 Å². The number of hydrazine groups is 1. The zero-order valence-corrected chi connectivity index (χ0v) is 25.4. The number of methoxy groups -OCH3 is 2. The van der Waals surface area contributed by atoms with Crippen LogP contribution in [-0.4, -0.2) is 98.1 Å². The average Bonchev–Trinajstić information content (AvgIpc) is 3.05. The number of benzene rings is 2. The Hall–Kier alpha value is -5.22. The number of urea groups is 1. The van der Waals surface area contributed by atoms with E-state index in [0.717, 1.165) is 5.56 Å². The number of amides is 5. The van der Waals surface area contributed by atoms with Crippen LogP contribution in [0.25, 0.3) is 0 Å². The zero-order valence-electron chi connectivity index (χ0n) is 25.4. The normalized spacial score (nSPS) is 18.0. The SMILES string of the molecule is C#CCN1CC(=O)N2[C@@H](CCCNC(=O)OCC=C)C(=O)N(c3ccc(OC)c(OC)c3)C[C@@H]2N1C(=O)NCc1ccccc1. The first-order valence-electron chi connectivity index (χ1n) is 14.5. The molecule has 2 N–H and O–H groups in total. The van der Waals surface area contributed by atoms with Crippen molar-refractivity contribution in [2.24, 2.45) is 0 Å². The Kier molecular flexibility index (Phi) is 11.3. The first-order chi connectivity index (χ1) is 21.8. The van der Waals surface area contributed by atoms with Crippen LogP contribution in [0, 0.1) is 12.3 Å². The van der Waals surface area contributed by atoms with Crippen molar-refractivity contribution in [1.29, 1.82) is 0 Å². The van der Waals surface area contributed by atoms with E-state index in [0.29, 0.717) is 23.6 Å². The second-order valence-corrected chi connectivity index (χ2v) is 10.3. The van der Waals surface area contributed by atoms with Gasteiger partial charge >= 0.3 is 12.1 Å². The van der Waals surface area contributed by atoms with Crippen LogP contribution >= 0.6 is 0 Å². The summed E-state index contributed by atoms with van der Waals surface area (Å²) >= 11 is 0. The van der Waals surface area contributed by atoms with E-state index in [1.54, 1.807) is 18.2 Å². The highest BCUT2D eigenvalue weighted by Crippen LogP contribution is 2.35. The highest BCUT2D eigenvalue weighted by Gasteiger charge is 2.51. The van der Waals surface area contributed by atoms with Gasteiger partial charge in [-0.15, -0.1) is 6.42 Å². The molecule has 2 fully saturated rings. The van der Waals surface area contributed by atoms with E-state index in [4.69, 9.17) is 20.6 Å². The maximum atomic E-state index is 14.1. The molecule has 0 saturated carbocycles. The number of carbonyl (C=O) groups is 4. The van der Waals surface area contributed by atoms with Gasteiger partial charge in [0.15, 0.2) is 11.5 Å². The van der Waals surface area contributed by atoms with Gasteiger partial charge < -0.3 is 34.6 Å². The monoisotopic (exact) mass is 618 g/mol. The van der Waals surface area contributed by atoms with Crippen molar-refractivity contribution >= 4 is 29.6 Å². The molecule has 4 rings (SSSR count). The number of nitrogens with zero attached hydrogens (tertiary/aromatic N) is 4. The van der Waals surface area contributed by atoms with E-state index in [-0.39, 0.29) is 57.6 Å². The van der Waals surface area contributed by atoms with Crippen molar-refractivity contribution in [2.45, 2.75) is 31.6 Å². The first-order valence-corrected chi connectivity index (χ1v) is 14.5. The van der Waals surface area contributed by atoms with E-state index < -0.39 is 24.3 Å². The van der Waals surface area contributed by atoms with Gasteiger partial charge in [-0.25, -0.2) is 14.6 Å². The lowest BCUT2D eigenvalue weighted by atomic mass is 10.0. The van der Waals surface area contributed by atoms with Gasteiger partial charge in [-0.1, -0.05) is 48.9 Å². The molecule has 0 spiro atoms. The molecule has 2 heterocycles. The van der Waals surface area contributed by atoms with E-state index >= 15 is 0 Å². The second-order valence-electron chi connectivity index (χ2n) is 10.3. The van der Waals surface area contributed by atoms with Gasteiger partial charge in [-0.05, 0) is 30.5 Å². The number of terminal acetylenes is 1. The molecule has 2 aliphatic heterocycles. The van der Waals surface area contributed by atoms with E-state index in [2.05, 4.69) is 23.1 Å². The summed E-state index contributed by atoms with van der Waals surface area (Å²) < 4.78 is 15.8. The molecule has 0 aromatic heterocycles. The smallest absolute Gasteiger partial charge is 0.407 e. The molecule has 0 radical (unpaired) electrons. The minimum atomic E-state index is -0.937. The molecular formula is C32H38N6O7. The molecule has 0 bridgehead atoms. The summed E-state index contributed by atoms with van der Waals surface area (Å²) in [5.74, 6) is 2.75. The van der Waals surface area contributed by atoms with Gasteiger partial charge in [0.2, 0.25) is 11.8 Å². The minimum Gasteiger partial charge on any atom is -0.493 e. The number of anilines is 1. The molecule has 2 aromatic carbocycles. The summed E-state index contributed by atoms with van der Waals surface area (Å²) in [4.78, 5) is 56.5. The molecule has 45 heavy (non-hydrogen) atoms. The van der Waals surface area contributed by atoms with Crippen molar-refractivity contribution in [2.75, 3.05) is 51.9 Å². The Morgan fingerprint density at radius 2 is 1.84 bits per heavy atom. The standard InChI is InChI=1S/C32H38N6O7/c1-5-17-35-22-29(39)37-25(13-10-16-33-32(42)45-18-6-2)30(40)36(24-14-15-26(43-3)27(19-24)44-4)21-28(37)38(35)31(41)34-20-23-11-8-7-9-12-23/h1,6-9,11-12,14-15,19,25,28H,2,10,13,16-18,20-22H2,3-4H3,(H,33,42)(H,34,41)/t25-,28-/m0/s1. The fourth-order valence-electron chi connectivity index (χ4n) is 5.40. The number of nitrogens with one attached hydrogen (secondary N) is 2. The highest BCUT2D eigenvalue weighted by atomic mass is 16.5. The third-order valence-electron chi connectivity index (χ3n) is 7.45. The lowest BCUT2D eigenvalue weighted by molar-refractivity contribution is -0.176. The molecule has 5 amide bonds. The summed E-state index contributed by atoms with van der Waals surface area (Å²) in [7, 11) is 3.01. The molecule has 2 aromatic rings. The molecular weight excluding hydrogens is 580 g/mol. The van der Waals surface area contributed by atoms with Crippen molar-refractivity contribution in [3.63, 3.8) is 0 Å². The molecule has 13 heteroatoms. The van der Waals surface area contributed by atoms with Gasteiger partial charge in [0.1, 0.15) is 18.8 Å². The third-order valence-corrected chi connectivity index (χ3v) is 7.45. The molecule has 13 nitrogen and oxygen atoms in total. The number of alkyl carbamates (subject to hydrolysis) is 1. The number of ether oxygens (including phenoxy) is 3. The highest BCUT2D eigenvalue weighted by molar-refractivity contribution is 6.01. The Bertz CT molecular complexity index is 1430. The summed E-state index contributed by atoms with van der Waals surface area (Å²) in [5.41, 5.74) is 1.39. The van der Waals surface area contributed by atoms with E-state index in [1.165, 1.54) is 40.1 Å². The van der Waals surface area contributed by atoms with Gasteiger partial charge in [0.25, 0.3) is 0 Å². The molecule has 2 aliphatic rings. The maximum Gasteiger partial charge on any atom is 0.407 e. The Morgan fingerprint density at radius 1 is 1.09 bits per heavy atom. The van der Waals surface area contributed by atoms with E-state index in [1.807, 2.05) is 30.3 Å². The summed E-state index contributed by atoms with van der Waals surface area (Å²) in [6, 6.07) is 13.1. The van der Waals surface area contributed by atoms with Gasteiger partial charge in [-0.3, -0.25) is 9.59 Å². The molecule has 238 valence electrons. The van der Waals surface area contributed by atoms with Crippen molar-refractivity contribution in [3.8, 4) is 23.8 Å². The number of hydrogen-bond donors (Lipinski definition) is 2. The average molecular weight is 619 g/mol. The number of fused-ring (bicyclic) bond motifs is 1. The van der Waals surface area contributed by atoms with Gasteiger partial charge in [-0.2, -0.15) is 5.01 Å². The van der Waals surface area contributed by atoms with Gasteiger partial charge in [0, 0.05) is 24.8 Å². The fourth-order valence-corrected chi connectivity index (χ4v) is 5.40. The molecule has 2 atom stereocenters. The third kappa shape index (κ3) is 7.66. The van der Waals surface area contributed by atoms with Crippen molar-refractivity contribution in [3.05, 3.63) is 66.7 Å². The molecule has 0 aliphatic carbocycles. The van der Waals surface area contributed by atoms with Crippen LogP contribution < -0.4 is 25.0 Å². The quantitative estimate of drug-likeness (QED) is 0.211. The van der Waals surface area contributed by atoms with Crippen LogP contribution in [-0.2, 0) is 20.9 Å². The largest absolute Gasteiger partial charge is 0.493 e. The fraction of sp³-hybridized carbons (Fsp3) is 0.375. The Labute approximate surface area is 262 Å². The summed E-state index contributed by atoms with van der Waals surface area (Å²) in [6.07, 6.45) is 6.17. The second kappa shape index (κ2) is 15.5. The van der Waals surface area contributed by atoms with Crippen LogP contribution in [0.4, 0.5) is 15.3 Å². The summed E-state index contributed by atoms with van der Waals surface area (Å²) in [6.45, 7) is 3.81. The number of hydrogen-bond acceptors (Lipinski definition) is 8. The number of carbonyl (C=O) groups excluding carboxylic acids is 4. The van der Waals surface area contributed by atoms with Crippen LogP contribution in [0.2, 0.25) is 0 Å². The summed E-state index contributed by atoms with van der Waals surface area (Å²) in [5, 5.41) is 8.51. The van der Waals surface area contributed by atoms with Crippen LogP contribution in [0.3, 0.4) is 0 Å². The van der Waals surface area contributed by atoms with Crippen molar-refractivity contribution in [1.82, 2.24) is 25.6 Å². The maximum absolute atomic E-state index is 14.1. The Balaban J connectivity index is 1.66. The van der Waals surface area contributed by atoms with Crippen molar-refractivity contribution < 1.29 is 33.4 Å². The van der Waals surface area contributed by atoms with Crippen LogP contribution in [0.5, 0.6) is 11.5 Å². The predicted molar refractivity (Wildman–Crippen MR) is 166 cm³/mol. The predicted octanol–water partition coefficient (Wildman–Crippen LogP) is 2.34. The number of piperazine rings is 1. The minimum absolute atomic E-state index is 0.000545.